The Hall–Kier alpha value is -0.550. The fourth-order valence-corrected chi connectivity index (χ4v) is 2.30. The maximum absolute atomic E-state index is 13.1. The zero-order chi connectivity index (χ0) is 12.3. The van der Waals surface area contributed by atoms with Gasteiger partial charge in [-0.3, -0.25) is 4.90 Å². The molecule has 1 N–H and O–H groups in total. The van der Waals surface area contributed by atoms with Gasteiger partial charge in [-0.15, -0.1) is 24.8 Å². The summed E-state index contributed by atoms with van der Waals surface area (Å²) in [5.74, 6) is 0.383. The quantitative estimate of drug-likeness (QED) is 0.929. The first-order valence-electron chi connectivity index (χ1n) is 6.00. The summed E-state index contributed by atoms with van der Waals surface area (Å²) < 4.78 is 18.4. The molecule has 6 heteroatoms. The Kier molecular flexibility index (Phi) is 8.34. The molecule has 0 amide bonds. The number of methoxy groups -OCH3 is 1. The van der Waals surface area contributed by atoms with E-state index in [1.54, 1.807) is 7.11 Å². The van der Waals surface area contributed by atoms with Crippen LogP contribution in [0, 0.1) is 5.82 Å². The third-order valence-electron chi connectivity index (χ3n) is 3.34. The molecular weight excluding hydrogens is 290 g/mol. The smallest absolute Gasteiger partial charge is 0.126 e. The molecule has 2 rings (SSSR count). The van der Waals surface area contributed by atoms with E-state index >= 15 is 0 Å². The second-order valence-electron chi connectivity index (χ2n) is 4.35. The topological polar surface area (TPSA) is 24.5 Å². The third-order valence-corrected chi connectivity index (χ3v) is 3.34. The van der Waals surface area contributed by atoms with E-state index in [0.717, 1.165) is 31.7 Å². The second kappa shape index (κ2) is 8.59. The molecule has 1 atom stereocenters. The SMILES string of the molecule is COc1cc(F)ccc1[C@H](C)N1CCNCC1.Cl.Cl. The Labute approximate surface area is 126 Å². The van der Waals surface area contributed by atoms with Gasteiger partial charge < -0.3 is 10.1 Å². The molecule has 19 heavy (non-hydrogen) atoms. The molecule has 1 aliphatic heterocycles. The number of nitrogens with one attached hydrogen (secondary N) is 1. The molecule has 0 aliphatic carbocycles. The maximum Gasteiger partial charge on any atom is 0.126 e. The number of benzene rings is 1. The number of rotatable bonds is 3. The summed E-state index contributed by atoms with van der Waals surface area (Å²) in [6.45, 7) is 6.19. The van der Waals surface area contributed by atoms with Crippen LogP contribution in [0.5, 0.6) is 5.75 Å². The standard InChI is InChI=1S/C13H19FN2O.2ClH/c1-10(16-7-5-15-6-8-16)12-4-3-11(14)9-13(12)17-2;;/h3-4,9-10,15H,5-8H2,1-2H3;2*1H/t10-;;/m0../s1. The van der Waals surface area contributed by atoms with Crippen molar-refractivity contribution in [2.24, 2.45) is 0 Å². The van der Waals surface area contributed by atoms with Gasteiger partial charge in [-0.25, -0.2) is 4.39 Å². The Balaban J connectivity index is 0.00000162. The number of ether oxygens (including phenoxy) is 1. The Morgan fingerprint density at radius 1 is 1.26 bits per heavy atom. The lowest BCUT2D eigenvalue weighted by atomic mass is 10.0. The van der Waals surface area contributed by atoms with Gasteiger partial charge in [-0.05, 0) is 13.0 Å². The fraction of sp³-hybridized carbons (Fsp3) is 0.538. The highest BCUT2D eigenvalue weighted by atomic mass is 35.5. The summed E-state index contributed by atoms with van der Waals surface area (Å²) in [4.78, 5) is 2.38. The van der Waals surface area contributed by atoms with Crippen LogP contribution in [-0.4, -0.2) is 38.2 Å². The van der Waals surface area contributed by atoms with Crippen molar-refractivity contribution < 1.29 is 9.13 Å². The highest BCUT2D eigenvalue weighted by Crippen LogP contribution is 2.29. The van der Waals surface area contributed by atoms with Gasteiger partial charge >= 0.3 is 0 Å². The third kappa shape index (κ3) is 4.49. The lowest BCUT2D eigenvalue weighted by Gasteiger charge is -2.33. The van der Waals surface area contributed by atoms with Crippen molar-refractivity contribution in [3.63, 3.8) is 0 Å². The minimum Gasteiger partial charge on any atom is -0.496 e. The van der Waals surface area contributed by atoms with Crippen LogP contribution in [0.25, 0.3) is 0 Å². The van der Waals surface area contributed by atoms with Crippen molar-refractivity contribution in [3.8, 4) is 5.75 Å². The zero-order valence-corrected chi connectivity index (χ0v) is 12.8. The van der Waals surface area contributed by atoms with Crippen molar-refractivity contribution in [1.82, 2.24) is 10.2 Å². The van der Waals surface area contributed by atoms with Gasteiger partial charge in [0, 0.05) is 43.9 Å². The lowest BCUT2D eigenvalue weighted by Crippen LogP contribution is -2.44. The van der Waals surface area contributed by atoms with Crippen molar-refractivity contribution in [3.05, 3.63) is 29.6 Å². The van der Waals surface area contributed by atoms with Crippen molar-refractivity contribution in [2.75, 3.05) is 33.3 Å². The number of hydrogen-bond donors (Lipinski definition) is 1. The van der Waals surface area contributed by atoms with Crippen LogP contribution in [0.2, 0.25) is 0 Å². The summed E-state index contributed by atoms with van der Waals surface area (Å²) in [7, 11) is 1.59. The monoisotopic (exact) mass is 310 g/mol. The molecule has 0 radical (unpaired) electrons. The Morgan fingerprint density at radius 3 is 2.47 bits per heavy atom. The van der Waals surface area contributed by atoms with Crippen LogP contribution in [0.4, 0.5) is 4.39 Å². The Morgan fingerprint density at radius 2 is 1.89 bits per heavy atom. The van der Waals surface area contributed by atoms with Crippen molar-refractivity contribution >= 4 is 24.8 Å². The molecule has 1 fully saturated rings. The molecule has 1 saturated heterocycles. The van der Waals surface area contributed by atoms with Crippen molar-refractivity contribution in [2.45, 2.75) is 13.0 Å². The van der Waals surface area contributed by atoms with E-state index in [1.807, 2.05) is 6.07 Å². The predicted octanol–water partition coefficient (Wildman–Crippen LogP) is 2.64. The summed E-state index contributed by atoms with van der Waals surface area (Å²) in [6.07, 6.45) is 0. The molecule has 3 nitrogen and oxygen atoms in total. The number of piperazine rings is 1. The number of nitrogens with zero attached hydrogens (tertiary/aromatic N) is 1. The largest absolute Gasteiger partial charge is 0.496 e. The molecule has 1 aromatic rings. The zero-order valence-electron chi connectivity index (χ0n) is 11.2. The highest BCUT2D eigenvalue weighted by Gasteiger charge is 2.20. The van der Waals surface area contributed by atoms with Crippen LogP contribution >= 0.6 is 24.8 Å². The first kappa shape index (κ1) is 18.4. The van der Waals surface area contributed by atoms with Crippen molar-refractivity contribution in [1.29, 1.82) is 0 Å². The molecule has 0 saturated carbocycles. The lowest BCUT2D eigenvalue weighted by molar-refractivity contribution is 0.182. The van der Waals surface area contributed by atoms with Crippen LogP contribution in [0.15, 0.2) is 18.2 Å². The van der Waals surface area contributed by atoms with Gasteiger partial charge in [0.05, 0.1) is 7.11 Å². The molecule has 110 valence electrons. The van der Waals surface area contributed by atoms with Gasteiger partial charge in [-0.2, -0.15) is 0 Å². The molecule has 0 aromatic heterocycles. The highest BCUT2D eigenvalue weighted by molar-refractivity contribution is 5.85. The molecular formula is C13H21Cl2FN2O. The minimum absolute atomic E-state index is 0. The predicted molar refractivity (Wildman–Crippen MR) is 80.3 cm³/mol. The molecule has 0 unspecified atom stereocenters. The fourth-order valence-electron chi connectivity index (χ4n) is 2.30. The van der Waals surface area contributed by atoms with E-state index < -0.39 is 0 Å². The molecule has 1 aliphatic rings. The molecule has 1 aromatic carbocycles. The van der Waals surface area contributed by atoms with E-state index in [-0.39, 0.29) is 36.7 Å². The van der Waals surface area contributed by atoms with Crippen LogP contribution in [0.3, 0.4) is 0 Å². The van der Waals surface area contributed by atoms with Crippen LogP contribution in [-0.2, 0) is 0 Å². The van der Waals surface area contributed by atoms with Gasteiger partial charge in [0.15, 0.2) is 0 Å². The number of hydrogen-bond acceptors (Lipinski definition) is 3. The minimum atomic E-state index is -0.252. The number of halogens is 3. The van der Waals surface area contributed by atoms with Gasteiger partial charge in [0.1, 0.15) is 11.6 Å². The molecule has 0 bridgehead atoms. The maximum atomic E-state index is 13.1. The average Bonchev–Trinajstić information content (AvgIpc) is 2.39. The first-order valence-corrected chi connectivity index (χ1v) is 6.00. The van der Waals surface area contributed by atoms with E-state index in [9.17, 15) is 4.39 Å². The summed E-state index contributed by atoms with van der Waals surface area (Å²) in [5, 5.41) is 3.33. The van der Waals surface area contributed by atoms with Gasteiger partial charge in [0.2, 0.25) is 0 Å². The van der Waals surface area contributed by atoms with Gasteiger partial charge in [-0.1, -0.05) is 6.07 Å². The van der Waals surface area contributed by atoms with Gasteiger partial charge in [0.25, 0.3) is 0 Å². The van der Waals surface area contributed by atoms with Crippen LogP contribution in [0.1, 0.15) is 18.5 Å². The normalized spacial score (nSPS) is 17.0. The van der Waals surface area contributed by atoms with Crippen LogP contribution < -0.4 is 10.1 Å². The van der Waals surface area contributed by atoms with E-state index in [2.05, 4.69) is 17.1 Å². The van der Waals surface area contributed by atoms with E-state index in [4.69, 9.17) is 4.74 Å². The van der Waals surface area contributed by atoms with E-state index in [0.29, 0.717) is 5.75 Å². The molecule has 0 spiro atoms. The average molecular weight is 311 g/mol. The summed E-state index contributed by atoms with van der Waals surface area (Å²) >= 11 is 0. The van der Waals surface area contributed by atoms with E-state index in [1.165, 1.54) is 12.1 Å². The summed E-state index contributed by atoms with van der Waals surface area (Å²) in [6, 6.07) is 5.03. The molecule has 1 heterocycles. The Bertz CT molecular complexity index is 387. The summed E-state index contributed by atoms with van der Waals surface area (Å²) in [5.41, 5.74) is 1.05. The second-order valence-corrected chi connectivity index (χ2v) is 4.35. The first-order chi connectivity index (χ1) is 8.22.